The van der Waals surface area contributed by atoms with Crippen molar-refractivity contribution in [1.82, 2.24) is 4.90 Å². The molecule has 0 bridgehead atoms. The van der Waals surface area contributed by atoms with Gasteiger partial charge in [0.25, 0.3) is 0 Å². The summed E-state index contributed by atoms with van der Waals surface area (Å²) < 4.78 is 0. The minimum atomic E-state index is 0.625. The fraction of sp³-hybridized carbons (Fsp3) is 0.923. The van der Waals surface area contributed by atoms with Crippen LogP contribution in [0.2, 0.25) is 0 Å². The summed E-state index contributed by atoms with van der Waals surface area (Å²) in [6.07, 6.45) is 3.68. The molecule has 0 saturated heterocycles. The minimum Gasteiger partial charge on any atom is -0.309 e. The van der Waals surface area contributed by atoms with Crippen molar-refractivity contribution in [2.45, 2.75) is 47.0 Å². The normalized spacial score (nSPS) is 14.1. The fourth-order valence-corrected chi connectivity index (χ4v) is 1.77. The number of nitrogens with zero attached hydrogens (tertiary/aromatic N) is 1. The fourth-order valence-electron chi connectivity index (χ4n) is 1.31. The van der Waals surface area contributed by atoms with Crippen molar-refractivity contribution in [2.75, 3.05) is 20.6 Å². The Morgan fingerprint density at radius 2 is 1.67 bits per heavy atom. The summed E-state index contributed by atoms with van der Waals surface area (Å²) in [5.41, 5.74) is 0. The van der Waals surface area contributed by atoms with Gasteiger partial charge in [-0.05, 0) is 50.7 Å². The first-order valence-corrected chi connectivity index (χ1v) is 6.60. The van der Waals surface area contributed by atoms with Gasteiger partial charge in [-0.1, -0.05) is 46.3 Å². The van der Waals surface area contributed by atoms with E-state index in [1.165, 1.54) is 25.8 Å². The quantitative estimate of drug-likeness (QED) is 0.635. The van der Waals surface area contributed by atoms with Crippen molar-refractivity contribution in [3.63, 3.8) is 0 Å². The van der Waals surface area contributed by atoms with Crippen molar-refractivity contribution >= 4 is 17.6 Å². The third-order valence-electron chi connectivity index (χ3n) is 2.41. The molecule has 0 radical (unpaired) electrons. The Morgan fingerprint density at radius 1 is 1.20 bits per heavy atom. The zero-order valence-electron chi connectivity index (χ0n) is 11.4. The molecule has 2 heteroatoms. The van der Waals surface area contributed by atoms with E-state index in [4.69, 9.17) is 12.2 Å². The van der Waals surface area contributed by atoms with Gasteiger partial charge in [0.2, 0.25) is 0 Å². The zero-order chi connectivity index (χ0) is 12.3. The number of thiocarbonyl (C=S) groups is 1. The Balaban J connectivity index is 0. The molecule has 92 valence electrons. The molecule has 0 spiro atoms. The highest BCUT2D eigenvalue weighted by Crippen LogP contribution is 2.17. The van der Waals surface area contributed by atoms with Gasteiger partial charge in [0.1, 0.15) is 0 Å². The maximum absolute atomic E-state index is 4.99. The number of rotatable bonds is 6. The van der Waals surface area contributed by atoms with Gasteiger partial charge in [-0.3, -0.25) is 0 Å². The van der Waals surface area contributed by atoms with Gasteiger partial charge in [-0.15, -0.1) is 0 Å². The lowest BCUT2D eigenvalue weighted by Crippen LogP contribution is -2.20. The maximum atomic E-state index is 4.99. The Hall–Kier alpha value is 0.0500. The molecule has 15 heavy (non-hydrogen) atoms. The lowest BCUT2D eigenvalue weighted by Gasteiger charge is -2.20. The van der Waals surface area contributed by atoms with E-state index >= 15 is 0 Å². The average Bonchev–Trinajstić information content (AvgIpc) is 2.18. The summed E-state index contributed by atoms with van der Waals surface area (Å²) in [4.78, 5) is 2.23. The first-order valence-electron chi connectivity index (χ1n) is 6.13. The lowest BCUT2D eigenvalue weighted by atomic mass is 9.91. The van der Waals surface area contributed by atoms with E-state index in [0.717, 1.165) is 5.92 Å². The van der Waals surface area contributed by atoms with Crippen LogP contribution in [0.3, 0.4) is 0 Å². The smallest absolute Gasteiger partial charge is 0.00221 e. The van der Waals surface area contributed by atoms with Crippen molar-refractivity contribution < 1.29 is 0 Å². The summed E-state index contributed by atoms with van der Waals surface area (Å²) in [5, 5.41) is 1.93. The molecule has 0 aromatic rings. The molecule has 0 rings (SSSR count). The molecular weight excluding hydrogens is 202 g/mol. The molecule has 0 amide bonds. The van der Waals surface area contributed by atoms with Crippen LogP contribution in [0.25, 0.3) is 0 Å². The second kappa shape index (κ2) is 12.1. The van der Waals surface area contributed by atoms with Crippen LogP contribution in [-0.4, -0.2) is 30.9 Å². The minimum absolute atomic E-state index is 0.625. The Labute approximate surface area is 102 Å². The highest BCUT2D eigenvalue weighted by Gasteiger charge is 2.12. The van der Waals surface area contributed by atoms with Crippen molar-refractivity contribution in [1.29, 1.82) is 0 Å². The molecule has 0 N–H and O–H groups in total. The Morgan fingerprint density at radius 3 is 1.93 bits per heavy atom. The lowest BCUT2D eigenvalue weighted by molar-refractivity contribution is 0.330. The van der Waals surface area contributed by atoms with E-state index in [1.54, 1.807) is 0 Å². The summed E-state index contributed by atoms with van der Waals surface area (Å²) in [5.74, 6) is 1.36. The molecule has 2 atom stereocenters. The highest BCUT2D eigenvalue weighted by atomic mass is 32.1. The predicted molar refractivity (Wildman–Crippen MR) is 75.7 cm³/mol. The molecule has 0 aliphatic carbocycles. The third-order valence-corrected chi connectivity index (χ3v) is 2.76. The molecule has 0 aliphatic rings. The largest absolute Gasteiger partial charge is 0.309 e. The first kappa shape index (κ1) is 17.4. The van der Waals surface area contributed by atoms with Crippen LogP contribution in [-0.2, 0) is 0 Å². The second-order valence-electron chi connectivity index (χ2n) is 4.48. The SMILES string of the molecule is CCC.CCC(C=S)C(C)CCN(C)C. The van der Waals surface area contributed by atoms with Crippen LogP contribution in [0.5, 0.6) is 0 Å². The summed E-state index contributed by atoms with van der Waals surface area (Å²) in [6, 6.07) is 0. The molecule has 2 unspecified atom stereocenters. The first-order chi connectivity index (χ1) is 7.03. The predicted octanol–water partition coefficient (Wildman–Crippen LogP) is 4.02. The topological polar surface area (TPSA) is 3.24 Å². The zero-order valence-corrected chi connectivity index (χ0v) is 12.2. The molecule has 1 nitrogen and oxygen atoms in total. The summed E-state index contributed by atoms with van der Waals surface area (Å²) >= 11 is 4.99. The van der Waals surface area contributed by atoms with Gasteiger partial charge in [0, 0.05) is 0 Å². The summed E-state index contributed by atoms with van der Waals surface area (Å²) in [6.45, 7) is 9.92. The second-order valence-corrected chi connectivity index (χ2v) is 4.76. The van der Waals surface area contributed by atoms with E-state index in [2.05, 4.69) is 46.7 Å². The van der Waals surface area contributed by atoms with Gasteiger partial charge < -0.3 is 4.90 Å². The Bertz CT molecular complexity index is 134. The van der Waals surface area contributed by atoms with E-state index in [1.807, 2.05) is 5.37 Å². The van der Waals surface area contributed by atoms with Crippen molar-refractivity contribution in [3.8, 4) is 0 Å². The molecule has 0 aromatic carbocycles. The van der Waals surface area contributed by atoms with Gasteiger partial charge in [-0.25, -0.2) is 0 Å². The van der Waals surface area contributed by atoms with Crippen LogP contribution in [0, 0.1) is 11.8 Å². The van der Waals surface area contributed by atoms with E-state index in [9.17, 15) is 0 Å². The van der Waals surface area contributed by atoms with E-state index < -0.39 is 0 Å². The molecule has 0 heterocycles. The van der Waals surface area contributed by atoms with Crippen molar-refractivity contribution in [2.24, 2.45) is 11.8 Å². The maximum Gasteiger partial charge on any atom is -0.00221 e. The van der Waals surface area contributed by atoms with Crippen molar-refractivity contribution in [3.05, 3.63) is 0 Å². The standard InChI is InChI=1S/C10H21NS.C3H8/c1-5-10(8-12)9(2)6-7-11(3)4;1-3-2/h8-10H,5-7H2,1-4H3;3H2,1-2H3. The Kier molecular flexibility index (Phi) is 14.1. The van der Waals surface area contributed by atoms with Gasteiger partial charge >= 0.3 is 0 Å². The van der Waals surface area contributed by atoms with Gasteiger partial charge in [0.15, 0.2) is 0 Å². The van der Waals surface area contributed by atoms with Crippen LogP contribution < -0.4 is 0 Å². The molecule has 0 fully saturated rings. The highest BCUT2D eigenvalue weighted by molar-refractivity contribution is 7.79. The van der Waals surface area contributed by atoms with Crippen LogP contribution in [0.4, 0.5) is 0 Å². The molecule has 0 aliphatic heterocycles. The molecule has 0 saturated carbocycles. The number of hydrogen-bond donors (Lipinski definition) is 0. The van der Waals surface area contributed by atoms with Crippen LogP contribution in [0.1, 0.15) is 47.0 Å². The summed E-state index contributed by atoms with van der Waals surface area (Å²) in [7, 11) is 4.23. The molecule has 0 aromatic heterocycles. The van der Waals surface area contributed by atoms with Crippen LogP contribution in [0.15, 0.2) is 0 Å². The molecular formula is C13H29NS. The number of hydrogen-bond acceptors (Lipinski definition) is 2. The third kappa shape index (κ3) is 12.0. The van der Waals surface area contributed by atoms with E-state index in [0.29, 0.717) is 5.92 Å². The average molecular weight is 231 g/mol. The van der Waals surface area contributed by atoms with Gasteiger partial charge in [0.05, 0.1) is 0 Å². The van der Waals surface area contributed by atoms with Gasteiger partial charge in [-0.2, -0.15) is 0 Å². The van der Waals surface area contributed by atoms with E-state index in [-0.39, 0.29) is 0 Å². The van der Waals surface area contributed by atoms with Crippen LogP contribution >= 0.6 is 12.2 Å². The monoisotopic (exact) mass is 231 g/mol.